The molecule has 3 aromatic carbocycles. The quantitative estimate of drug-likeness (QED) is 0.460. The number of benzene rings is 3. The Labute approximate surface area is 182 Å². The first kappa shape index (κ1) is 22.1. The summed E-state index contributed by atoms with van der Waals surface area (Å²) in [6, 6.07) is 15.7. The first-order valence-electron chi connectivity index (χ1n) is 10.2. The van der Waals surface area contributed by atoms with Crippen molar-refractivity contribution < 1.29 is 19.8 Å². The number of anilines is 1. The summed E-state index contributed by atoms with van der Waals surface area (Å²) in [5.41, 5.74) is 15.0. The molecule has 0 bridgehead atoms. The van der Waals surface area contributed by atoms with Crippen molar-refractivity contribution in [2.24, 2.45) is 0 Å². The van der Waals surface area contributed by atoms with E-state index < -0.39 is 11.9 Å². The van der Waals surface area contributed by atoms with E-state index >= 15 is 0 Å². The van der Waals surface area contributed by atoms with Gasteiger partial charge in [-0.3, -0.25) is 9.59 Å². The third-order valence-corrected chi connectivity index (χ3v) is 5.74. The lowest BCUT2D eigenvalue weighted by Crippen LogP contribution is -2.10. The van der Waals surface area contributed by atoms with E-state index in [1.54, 1.807) is 0 Å². The van der Waals surface area contributed by atoms with Gasteiger partial charge < -0.3 is 15.9 Å². The van der Waals surface area contributed by atoms with Crippen LogP contribution in [0.2, 0.25) is 0 Å². The second-order valence-electron chi connectivity index (χ2n) is 7.88. The summed E-state index contributed by atoms with van der Waals surface area (Å²) in [4.78, 5) is 22.8. The molecule has 0 saturated carbocycles. The molecule has 0 amide bonds. The van der Waals surface area contributed by atoms with Crippen molar-refractivity contribution in [3.05, 3.63) is 76.3 Å². The summed E-state index contributed by atoms with van der Waals surface area (Å²) < 4.78 is 0. The highest BCUT2D eigenvalue weighted by molar-refractivity contribution is 5.93. The molecule has 0 radical (unpaired) electrons. The van der Waals surface area contributed by atoms with Crippen molar-refractivity contribution in [2.45, 2.75) is 40.0 Å². The number of hydrogen-bond acceptors (Lipinski definition) is 3. The summed E-state index contributed by atoms with van der Waals surface area (Å²) in [7, 11) is 0. The highest BCUT2D eigenvalue weighted by atomic mass is 16.4. The maximum Gasteiger partial charge on any atom is 0.307 e. The molecule has 0 aromatic heterocycles. The smallest absolute Gasteiger partial charge is 0.307 e. The van der Waals surface area contributed by atoms with E-state index in [0.717, 1.165) is 44.5 Å². The zero-order valence-electron chi connectivity index (χ0n) is 18.0. The normalized spacial score (nSPS) is 10.8. The van der Waals surface area contributed by atoms with Crippen molar-refractivity contribution in [3.8, 4) is 22.3 Å². The Kier molecular flexibility index (Phi) is 6.44. The van der Waals surface area contributed by atoms with E-state index in [4.69, 9.17) is 10.8 Å². The Balaban J connectivity index is 2.32. The van der Waals surface area contributed by atoms with Crippen LogP contribution in [-0.2, 0) is 22.4 Å². The number of rotatable bonds is 7. The van der Waals surface area contributed by atoms with Crippen LogP contribution in [0.25, 0.3) is 22.3 Å². The second kappa shape index (κ2) is 9.04. The maximum atomic E-state index is 11.6. The molecule has 0 aliphatic carbocycles. The van der Waals surface area contributed by atoms with Crippen molar-refractivity contribution in [2.75, 3.05) is 5.73 Å². The zero-order valence-corrected chi connectivity index (χ0v) is 18.0. The largest absolute Gasteiger partial charge is 0.481 e. The predicted molar refractivity (Wildman–Crippen MR) is 123 cm³/mol. The lowest BCUT2D eigenvalue weighted by atomic mass is 9.82. The van der Waals surface area contributed by atoms with Gasteiger partial charge in [0.05, 0.1) is 6.42 Å². The molecule has 0 heterocycles. The van der Waals surface area contributed by atoms with Crippen LogP contribution in [-0.4, -0.2) is 22.2 Å². The minimum Gasteiger partial charge on any atom is -0.481 e. The van der Waals surface area contributed by atoms with Gasteiger partial charge in [0.15, 0.2) is 0 Å². The zero-order chi connectivity index (χ0) is 22.7. The molecule has 31 heavy (non-hydrogen) atoms. The van der Waals surface area contributed by atoms with E-state index in [1.165, 1.54) is 0 Å². The molecular formula is C26H27NO4. The van der Waals surface area contributed by atoms with Crippen LogP contribution in [0.1, 0.15) is 34.2 Å². The standard InChI is InChI=1S/C26H27NO4/c1-15-8-10-19(11-9-15)24-17(3)25(26(27)16(2)21(24)14-23(30)31)20-7-5-4-6-18(20)12-13-22(28)29/h4-11H,12-14,27H2,1-3H3,(H,28,29)(H,30,31). The number of carbonyl (C=O) groups is 2. The molecule has 0 atom stereocenters. The lowest BCUT2D eigenvalue weighted by Gasteiger charge is -2.23. The predicted octanol–water partition coefficient (Wildman–Crippen LogP) is 5.17. The summed E-state index contributed by atoms with van der Waals surface area (Å²) in [6.45, 7) is 5.82. The minimum atomic E-state index is -0.912. The van der Waals surface area contributed by atoms with E-state index in [2.05, 4.69) is 0 Å². The first-order valence-corrected chi connectivity index (χ1v) is 10.2. The van der Waals surface area contributed by atoms with Crippen molar-refractivity contribution in [1.82, 2.24) is 0 Å². The maximum absolute atomic E-state index is 11.6. The van der Waals surface area contributed by atoms with Crippen molar-refractivity contribution >= 4 is 17.6 Å². The Bertz CT molecular complexity index is 1150. The number of carboxylic acids is 2. The highest BCUT2D eigenvalue weighted by Crippen LogP contribution is 2.43. The average Bonchev–Trinajstić information content (AvgIpc) is 2.72. The van der Waals surface area contributed by atoms with Gasteiger partial charge in [-0.1, -0.05) is 54.1 Å². The fraction of sp³-hybridized carbons (Fsp3) is 0.231. The van der Waals surface area contributed by atoms with E-state index in [1.807, 2.05) is 69.3 Å². The van der Waals surface area contributed by atoms with Crippen molar-refractivity contribution in [3.63, 3.8) is 0 Å². The summed E-state index contributed by atoms with van der Waals surface area (Å²) in [5, 5.41) is 18.7. The molecule has 3 rings (SSSR count). The van der Waals surface area contributed by atoms with Gasteiger partial charge in [0.25, 0.3) is 0 Å². The first-order chi connectivity index (χ1) is 14.7. The fourth-order valence-corrected chi connectivity index (χ4v) is 4.14. The van der Waals surface area contributed by atoms with Gasteiger partial charge >= 0.3 is 11.9 Å². The van der Waals surface area contributed by atoms with Crippen LogP contribution >= 0.6 is 0 Å². The van der Waals surface area contributed by atoms with Crippen LogP contribution in [0, 0.1) is 20.8 Å². The summed E-state index contributed by atoms with van der Waals surface area (Å²) in [6.07, 6.45) is 0.290. The van der Waals surface area contributed by atoms with Crippen LogP contribution in [0.3, 0.4) is 0 Å². The number of carboxylic acid groups (broad SMARTS) is 2. The third-order valence-electron chi connectivity index (χ3n) is 5.74. The monoisotopic (exact) mass is 417 g/mol. The number of aliphatic carboxylic acids is 2. The lowest BCUT2D eigenvalue weighted by molar-refractivity contribution is -0.137. The summed E-state index contributed by atoms with van der Waals surface area (Å²) in [5.74, 6) is -1.77. The van der Waals surface area contributed by atoms with Crippen LogP contribution < -0.4 is 5.73 Å². The van der Waals surface area contributed by atoms with Crippen LogP contribution in [0.5, 0.6) is 0 Å². The van der Waals surface area contributed by atoms with Crippen molar-refractivity contribution in [1.29, 1.82) is 0 Å². The molecule has 0 spiro atoms. The van der Waals surface area contributed by atoms with Gasteiger partial charge in [0.2, 0.25) is 0 Å². The molecule has 160 valence electrons. The SMILES string of the molecule is Cc1ccc(-c2c(C)c(-c3ccccc3CCC(=O)O)c(N)c(C)c2CC(=O)O)cc1. The number of aryl methyl sites for hydroxylation is 2. The number of nitrogens with two attached hydrogens (primary N) is 1. The Morgan fingerprint density at radius 1 is 0.839 bits per heavy atom. The topological polar surface area (TPSA) is 101 Å². The number of nitrogen functional groups attached to an aromatic ring is 1. The molecule has 0 saturated heterocycles. The van der Waals surface area contributed by atoms with Gasteiger partial charge in [-0.25, -0.2) is 0 Å². The van der Waals surface area contributed by atoms with Gasteiger partial charge in [-0.2, -0.15) is 0 Å². The molecule has 0 aliphatic heterocycles. The molecular weight excluding hydrogens is 390 g/mol. The van der Waals surface area contributed by atoms with Gasteiger partial charge in [0, 0.05) is 17.7 Å². The van der Waals surface area contributed by atoms with E-state index in [-0.39, 0.29) is 12.8 Å². The Morgan fingerprint density at radius 2 is 1.48 bits per heavy atom. The summed E-state index contributed by atoms with van der Waals surface area (Å²) >= 11 is 0. The van der Waals surface area contributed by atoms with Crippen LogP contribution in [0.4, 0.5) is 5.69 Å². The number of hydrogen-bond donors (Lipinski definition) is 3. The Morgan fingerprint density at radius 3 is 2.10 bits per heavy atom. The Hall–Kier alpha value is -3.60. The van der Waals surface area contributed by atoms with Gasteiger partial charge in [0.1, 0.15) is 0 Å². The van der Waals surface area contributed by atoms with Crippen LogP contribution in [0.15, 0.2) is 48.5 Å². The van der Waals surface area contributed by atoms with E-state index in [9.17, 15) is 14.7 Å². The fourth-order valence-electron chi connectivity index (χ4n) is 4.14. The molecule has 0 fully saturated rings. The molecule has 5 nitrogen and oxygen atoms in total. The van der Waals surface area contributed by atoms with E-state index in [0.29, 0.717) is 17.7 Å². The molecule has 3 aromatic rings. The minimum absolute atomic E-state index is 0.0247. The van der Waals surface area contributed by atoms with Gasteiger partial charge in [-0.15, -0.1) is 0 Å². The highest BCUT2D eigenvalue weighted by Gasteiger charge is 2.23. The van der Waals surface area contributed by atoms with Gasteiger partial charge in [-0.05, 0) is 66.1 Å². The third kappa shape index (κ3) is 4.61. The molecule has 0 aliphatic rings. The average molecular weight is 418 g/mol. The molecule has 5 heteroatoms. The second-order valence-corrected chi connectivity index (χ2v) is 7.88. The molecule has 0 unspecified atom stereocenters. The molecule has 4 N–H and O–H groups in total.